The van der Waals surface area contributed by atoms with Gasteiger partial charge < -0.3 is 0 Å². The molecule has 102 valence electrons. The fourth-order valence-corrected chi connectivity index (χ4v) is 3.16. The summed E-state index contributed by atoms with van der Waals surface area (Å²) < 4.78 is 13.3. The van der Waals surface area contributed by atoms with Crippen LogP contribution in [-0.2, 0) is 0 Å². The van der Waals surface area contributed by atoms with E-state index in [1.54, 1.807) is 36.4 Å². The van der Waals surface area contributed by atoms with Crippen LogP contribution in [0.3, 0.4) is 0 Å². The summed E-state index contributed by atoms with van der Waals surface area (Å²) in [6.07, 6.45) is 1.80. The Morgan fingerprint density at radius 1 is 1.19 bits per heavy atom. The number of benzene rings is 2. The molecule has 0 aliphatic carbocycles. The highest BCUT2D eigenvalue weighted by Gasteiger charge is 2.22. The quantitative estimate of drug-likeness (QED) is 0.745. The van der Waals surface area contributed by atoms with Crippen molar-refractivity contribution in [3.05, 3.63) is 70.5 Å². The van der Waals surface area contributed by atoms with Gasteiger partial charge in [-0.1, -0.05) is 12.1 Å². The highest BCUT2D eigenvalue weighted by molar-refractivity contribution is 7.99. The van der Waals surface area contributed by atoms with Gasteiger partial charge in [0.1, 0.15) is 5.82 Å². The number of rotatable bonds is 1. The van der Waals surface area contributed by atoms with Gasteiger partial charge in [-0.2, -0.15) is 5.26 Å². The van der Waals surface area contributed by atoms with E-state index in [0.717, 1.165) is 10.5 Å². The molecule has 0 N–H and O–H groups in total. The van der Waals surface area contributed by atoms with Crippen molar-refractivity contribution in [1.82, 2.24) is 0 Å². The highest BCUT2D eigenvalue weighted by Crippen LogP contribution is 2.33. The number of hydrogen-bond donors (Lipinski definition) is 0. The number of carbonyl (C=O) groups excluding carboxylic acids is 1. The van der Waals surface area contributed by atoms with Crippen molar-refractivity contribution < 1.29 is 9.18 Å². The number of nitrogens with zero attached hydrogens (tertiary/aromatic N) is 1. The van der Waals surface area contributed by atoms with Gasteiger partial charge in [-0.05, 0) is 42.0 Å². The summed E-state index contributed by atoms with van der Waals surface area (Å²) in [5, 5.41) is 8.77. The number of ketones is 1. The van der Waals surface area contributed by atoms with Crippen molar-refractivity contribution >= 4 is 23.6 Å². The molecule has 0 unspecified atom stereocenters. The Morgan fingerprint density at radius 2 is 1.95 bits per heavy atom. The maximum absolute atomic E-state index is 13.3. The van der Waals surface area contributed by atoms with Gasteiger partial charge in [-0.15, -0.1) is 11.8 Å². The van der Waals surface area contributed by atoms with Crippen LogP contribution >= 0.6 is 11.8 Å². The summed E-state index contributed by atoms with van der Waals surface area (Å²) >= 11 is 1.53. The monoisotopic (exact) mass is 295 g/mol. The minimum absolute atomic E-state index is 0.132. The molecule has 21 heavy (non-hydrogen) atoms. The Morgan fingerprint density at radius 3 is 2.67 bits per heavy atom. The number of halogens is 1. The Balaban J connectivity index is 1.95. The maximum Gasteiger partial charge on any atom is 0.191 e. The van der Waals surface area contributed by atoms with Crippen LogP contribution < -0.4 is 0 Å². The van der Waals surface area contributed by atoms with Crippen molar-refractivity contribution in [1.29, 1.82) is 5.26 Å². The zero-order chi connectivity index (χ0) is 14.8. The first-order valence-corrected chi connectivity index (χ1v) is 7.34. The third kappa shape index (κ3) is 2.74. The van der Waals surface area contributed by atoms with E-state index in [9.17, 15) is 9.18 Å². The summed E-state index contributed by atoms with van der Waals surface area (Å²) in [5.74, 6) is 0.0345. The molecule has 0 aromatic heterocycles. The van der Waals surface area contributed by atoms with Crippen LogP contribution in [-0.4, -0.2) is 11.5 Å². The Bertz CT molecular complexity index is 787. The van der Waals surface area contributed by atoms with Crippen LogP contribution in [0.25, 0.3) is 6.08 Å². The SMILES string of the molecule is N#Cc1ccc(/C=C2/CSc3ccc(F)cc3C2=O)cc1. The average Bonchev–Trinajstić information content (AvgIpc) is 2.51. The summed E-state index contributed by atoms with van der Waals surface area (Å²) in [5.41, 5.74) is 2.50. The fourth-order valence-electron chi connectivity index (χ4n) is 2.16. The van der Waals surface area contributed by atoms with Gasteiger partial charge in [0.25, 0.3) is 0 Å². The lowest BCUT2D eigenvalue weighted by Gasteiger charge is -2.16. The molecule has 2 aromatic carbocycles. The van der Waals surface area contributed by atoms with Crippen molar-refractivity contribution in [2.45, 2.75) is 4.90 Å². The lowest BCUT2D eigenvalue weighted by molar-refractivity contribution is 0.103. The largest absolute Gasteiger partial charge is 0.289 e. The van der Waals surface area contributed by atoms with Gasteiger partial charge >= 0.3 is 0 Å². The third-order valence-corrected chi connectivity index (χ3v) is 4.36. The third-order valence-electron chi connectivity index (χ3n) is 3.24. The summed E-state index contributed by atoms with van der Waals surface area (Å²) in [7, 11) is 0. The van der Waals surface area contributed by atoms with Gasteiger partial charge in [-0.25, -0.2) is 4.39 Å². The van der Waals surface area contributed by atoms with Gasteiger partial charge in [0.2, 0.25) is 0 Å². The zero-order valence-electron chi connectivity index (χ0n) is 11.0. The molecule has 0 radical (unpaired) electrons. The second-order valence-corrected chi connectivity index (χ2v) is 5.68. The molecule has 3 rings (SSSR count). The lowest BCUT2D eigenvalue weighted by Crippen LogP contribution is -2.12. The first-order valence-electron chi connectivity index (χ1n) is 6.35. The molecule has 2 nitrogen and oxygen atoms in total. The lowest BCUT2D eigenvalue weighted by atomic mass is 10.0. The first-order chi connectivity index (χ1) is 10.2. The number of carbonyl (C=O) groups is 1. The second-order valence-electron chi connectivity index (χ2n) is 4.66. The number of hydrogen-bond acceptors (Lipinski definition) is 3. The molecule has 0 amide bonds. The van der Waals surface area contributed by atoms with E-state index < -0.39 is 5.82 Å². The molecule has 0 atom stereocenters. The van der Waals surface area contributed by atoms with Crippen molar-refractivity contribution in [2.75, 3.05) is 5.75 Å². The molecule has 0 saturated carbocycles. The number of Topliss-reactive ketones (excluding diaryl/α,β-unsaturated/α-hetero) is 1. The fraction of sp³-hybridized carbons (Fsp3) is 0.0588. The van der Waals surface area contributed by atoms with E-state index in [1.165, 1.54) is 23.9 Å². The predicted octanol–water partition coefficient (Wildman–Crippen LogP) is 4.07. The van der Waals surface area contributed by atoms with Crippen LogP contribution in [0.4, 0.5) is 4.39 Å². The molecule has 0 saturated heterocycles. The van der Waals surface area contributed by atoms with Crippen LogP contribution in [0.15, 0.2) is 52.9 Å². The van der Waals surface area contributed by atoms with E-state index in [0.29, 0.717) is 22.5 Å². The Hall–Kier alpha value is -2.38. The Labute approximate surface area is 125 Å². The van der Waals surface area contributed by atoms with Crippen molar-refractivity contribution in [2.24, 2.45) is 0 Å². The maximum atomic E-state index is 13.3. The molecule has 1 aliphatic heterocycles. The molecule has 0 spiro atoms. The Kier molecular flexibility index (Phi) is 3.59. The van der Waals surface area contributed by atoms with Gasteiger partial charge in [-0.3, -0.25) is 4.79 Å². The van der Waals surface area contributed by atoms with Crippen molar-refractivity contribution in [3.63, 3.8) is 0 Å². The van der Waals surface area contributed by atoms with Gasteiger partial charge in [0.05, 0.1) is 11.6 Å². The van der Waals surface area contributed by atoms with Crippen LogP contribution in [0.2, 0.25) is 0 Å². The molecule has 1 aliphatic rings. The number of fused-ring (bicyclic) bond motifs is 1. The van der Waals surface area contributed by atoms with E-state index in [4.69, 9.17) is 5.26 Å². The summed E-state index contributed by atoms with van der Waals surface area (Å²) in [6.45, 7) is 0. The minimum Gasteiger partial charge on any atom is -0.289 e. The topological polar surface area (TPSA) is 40.9 Å². The summed E-state index contributed by atoms with van der Waals surface area (Å²) in [6, 6.07) is 13.4. The van der Waals surface area contributed by atoms with E-state index in [1.807, 2.05) is 0 Å². The summed E-state index contributed by atoms with van der Waals surface area (Å²) in [4.78, 5) is 13.2. The van der Waals surface area contributed by atoms with E-state index >= 15 is 0 Å². The van der Waals surface area contributed by atoms with Gasteiger partial charge in [0, 0.05) is 21.8 Å². The first kappa shape index (κ1) is 13.6. The normalized spacial score (nSPS) is 15.6. The van der Waals surface area contributed by atoms with Crippen molar-refractivity contribution in [3.8, 4) is 6.07 Å². The highest BCUT2D eigenvalue weighted by atomic mass is 32.2. The molecule has 2 aromatic rings. The second kappa shape index (κ2) is 5.55. The van der Waals surface area contributed by atoms with Gasteiger partial charge in [0.15, 0.2) is 5.78 Å². The molecular formula is C17H10FNOS. The number of nitriles is 1. The van der Waals surface area contributed by atoms with E-state index in [-0.39, 0.29) is 5.78 Å². The average molecular weight is 295 g/mol. The molecule has 0 bridgehead atoms. The minimum atomic E-state index is -0.401. The van der Waals surface area contributed by atoms with Crippen LogP contribution in [0, 0.1) is 17.1 Å². The standard InChI is InChI=1S/C17H10FNOS/c18-14-5-6-16-15(8-14)17(20)13(10-21-16)7-11-1-3-12(9-19)4-2-11/h1-8H,10H2/b13-7-. The molecule has 0 fully saturated rings. The molecule has 4 heteroatoms. The zero-order valence-corrected chi connectivity index (χ0v) is 11.8. The van der Waals surface area contributed by atoms with Crippen LogP contribution in [0.5, 0.6) is 0 Å². The van der Waals surface area contributed by atoms with Crippen LogP contribution in [0.1, 0.15) is 21.5 Å². The smallest absolute Gasteiger partial charge is 0.191 e. The molecular weight excluding hydrogens is 285 g/mol. The molecule has 1 heterocycles. The number of thioether (sulfide) groups is 1. The predicted molar refractivity (Wildman–Crippen MR) is 80.6 cm³/mol. The van der Waals surface area contributed by atoms with E-state index in [2.05, 4.69) is 6.07 Å².